The van der Waals surface area contributed by atoms with Gasteiger partial charge in [-0.2, -0.15) is 0 Å². The lowest BCUT2D eigenvalue weighted by Gasteiger charge is -2.48. The van der Waals surface area contributed by atoms with Crippen LogP contribution >= 0.6 is 11.9 Å². The minimum Gasteiger partial charge on any atom is -0.619 e. The van der Waals surface area contributed by atoms with E-state index in [4.69, 9.17) is 5.11 Å². The Morgan fingerprint density at radius 2 is 2.30 bits per heavy atom. The van der Waals surface area contributed by atoms with Crippen molar-refractivity contribution in [3.63, 3.8) is 0 Å². The Labute approximate surface area is 63.7 Å². The monoisotopic (exact) mass is 164 g/mol. The molecule has 1 fully saturated rings. The zero-order chi connectivity index (χ0) is 7.61. The van der Waals surface area contributed by atoms with Gasteiger partial charge in [-0.3, -0.25) is 0 Å². The molecule has 4 nitrogen and oxygen atoms in total. The molecule has 1 aliphatic rings. The molecule has 10 heavy (non-hydrogen) atoms. The smallest absolute Gasteiger partial charge is 0.0888 e. The Kier molecular flexibility index (Phi) is 2.54. The van der Waals surface area contributed by atoms with Crippen molar-refractivity contribution in [2.75, 3.05) is 13.2 Å². The Balaban J connectivity index is 2.40. The molecule has 0 radical (unpaired) electrons. The molecule has 0 aliphatic carbocycles. The molecule has 1 unspecified atom stereocenters. The van der Waals surface area contributed by atoms with E-state index in [0.29, 0.717) is 6.42 Å². The second kappa shape index (κ2) is 3.06. The fourth-order valence-electron chi connectivity index (χ4n) is 0.970. The largest absolute Gasteiger partial charge is 0.619 e. The summed E-state index contributed by atoms with van der Waals surface area (Å²) >= 11 is 0.765. The highest BCUT2D eigenvalue weighted by Crippen LogP contribution is 2.32. The molecule has 1 saturated heterocycles. The van der Waals surface area contributed by atoms with E-state index in [0.717, 1.165) is 18.4 Å². The summed E-state index contributed by atoms with van der Waals surface area (Å²) in [6, 6.07) is 0. The third kappa shape index (κ3) is 2.10. The molecule has 0 spiro atoms. The van der Waals surface area contributed by atoms with Crippen LogP contribution in [-0.4, -0.2) is 27.7 Å². The first-order chi connectivity index (χ1) is 4.64. The zero-order valence-electron chi connectivity index (χ0n) is 5.52. The van der Waals surface area contributed by atoms with Crippen LogP contribution in [0, 0.1) is 10.4 Å². The molecule has 60 valence electrons. The SMILES string of the molecule is [O-][N+]1([O-])CCCC(CO)S1. The predicted octanol–water partition coefficient (Wildman–Crippen LogP) is 0.602. The number of aliphatic hydroxyl groups is 1. The topological polar surface area (TPSA) is 66.3 Å². The molecular weight excluding hydrogens is 154 g/mol. The lowest BCUT2D eigenvalue weighted by Crippen LogP contribution is -2.36. The molecular formula is C5H10NO3S-. The minimum absolute atomic E-state index is 0.0604. The first kappa shape index (κ1) is 8.29. The third-order valence-electron chi connectivity index (χ3n) is 1.47. The summed E-state index contributed by atoms with van der Waals surface area (Å²) in [6.45, 7) is 0.0658. The first-order valence-electron chi connectivity index (χ1n) is 3.23. The Bertz CT molecular complexity index is 119. The van der Waals surface area contributed by atoms with Crippen molar-refractivity contribution in [1.29, 1.82) is 0 Å². The van der Waals surface area contributed by atoms with Crippen LogP contribution in [0.2, 0.25) is 0 Å². The van der Waals surface area contributed by atoms with Gasteiger partial charge in [-0.05, 0) is 12.8 Å². The van der Waals surface area contributed by atoms with Crippen LogP contribution in [0.4, 0.5) is 0 Å². The second-order valence-electron chi connectivity index (χ2n) is 2.39. The summed E-state index contributed by atoms with van der Waals surface area (Å²) in [5.41, 5.74) is 0. The van der Waals surface area contributed by atoms with Crippen molar-refractivity contribution < 1.29 is 9.32 Å². The Morgan fingerprint density at radius 1 is 1.60 bits per heavy atom. The highest BCUT2D eigenvalue weighted by atomic mass is 32.2. The van der Waals surface area contributed by atoms with Crippen molar-refractivity contribution in [1.82, 2.24) is 0 Å². The molecule has 1 rings (SSSR count). The number of hydrogen-bond donors (Lipinski definition) is 1. The van der Waals surface area contributed by atoms with Crippen molar-refractivity contribution in [2.24, 2.45) is 0 Å². The summed E-state index contributed by atoms with van der Waals surface area (Å²) < 4.78 is -1.49. The maximum atomic E-state index is 10.7. The molecule has 1 heterocycles. The van der Waals surface area contributed by atoms with Gasteiger partial charge in [-0.1, -0.05) is 0 Å². The number of quaternary nitrogens is 1. The van der Waals surface area contributed by atoms with E-state index in [1.165, 1.54) is 0 Å². The van der Waals surface area contributed by atoms with Crippen molar-refractivity contribution in [3.05, 3.63) is 10.4 Å². The van der Waals surface area contributed by atoms with E-state index in [1.54, 1.807) is 0 Å². The number of aliphatic hydroxyl groups excluding tert-OH is 1. The second-order valence-corrected chi connectivity index (χ2v) is 3.82. The van der Waals surface area contributed by atoms with Gasteiger partial charge in [-0.25, -0.2) is 0 Å². The maximum absolute atomic E-state index is 10.7. The van der Waals surface area contributed by atoms with Crippen molar-refractivity contribution >= 4 is 11.9 Å². The Hall–Kier alpha value is 0.190. The van der Waals surface area contributed by atoms with E-state index in [1.807, 2.05) is 0 Å². The maximum Gasteiger partial charge on any atom is 0.0888 e. The molecule has 1 atom stereocenters. The van der Waals surface area contributed by atoms with Gasteiger partial charge in [0.1, 0.15) is 0 Å². The molecule has 0 saturated carbocycles. The summed E-state index contributed by atoms with van der Waals surface area (Å²) in [7, 11) is 0. The third-order valence-corrected chi connectivity index (χ3v) is 2.66. The van der Waals surface area contributed by atoms with Gasteiger partial charge < -0.3 is 19.7 Å². The highest BCUT2D eigenvalue weighted by Gasteiger charge is 2.23. The van der Waals surface area contributed by atoms with E-state index >= 15 is 0 Å². The number of hydrogen-bond acceptors (Lipinski definition) is 4. The lowest BCUT2D eigenvalue weighted by molar-refractivity contribution is -0.686. The van der Waals surface area contributed by atoms with Gasteiger partial charge in [0.2, 0.25) is 0 Å². The van der Waals surface area contributed by atoms with E-state index in [2.05, 4.69) is 0 Å². The highest BCUT2D eigenvalue weighted by molar-refractivity contribution is 7.94. The van der Waals surface area contributed by atoms with Crippen molar-refractivity contribution in [2.45, 2.75) is 18.1 Å². The molecule has 1 aliphatic heterocycles. The van der Waals surface area contributed by atoms with Gasteiger partial charge in [0, 0.05) is 0 Å². The molecule has 0 aromatic carbocycles. The van der Waals surface area contributed by atoms with E-state index in [9.17, 15) is 10.4 Å². The summed E-state index contributed by atoms with van der Waals surface area (Å²) in [4.78, 5) is 0. The molecule has 0 amide bonds. The van der Waals surface area contributed by atoms with Crippen LogP contribution < -0.4 is 0 Å². The lowest BCUT2D eigenvalue weighted by atomic mass is 10.2. The fourth-order valence-corrected chi connectivity index (χ4v) is 2.00. The average molecular weight is 164 g/mol. The summed E-state index contributed by atoms with van der Waals surface area (Å²) in [5, 5.41) is 29.9. The average Bonchev–Trinajstić information content (AvgIpc) is 1.86. The van der Waals surface area contributed by atoms with Crippen LogP contribution in [0.3, 0.4) is 0 Å². The fraction of sp³-hybridized carbons (Fsp3) is 1.00. The van der Waals surface area contributed by atoms with Gasteiger partial charge in [0.15, 0.2) is 0 Å². The minimum atomic E-state index is -1.49. The van der Waals surface area contributed by atoms with Crippen LogP contribution in [-0.2, 0) is 0 Å². The van der Waals surface area contributed by atoms with Crippen LogP contribution in [0.15, 0.2) is 0 Å². The number of hydroxylamine groups is 2. The predicted molar refractivity (Wildman–Crippen MR) is 39.6 cm³/mol. The van der Waals surface area contributed by atoms with Gasteiger partial charge >= 0.3 is 0 Å². The number of nitrogens with zero attached hydrogens (tertiary/aromatic N) is 1. The van der Waals surface area contributed by atoms with Crippen LogP contribution in [0.5, 0.6) is 0 Å². The van der Waals surface area contributed by atoms with Crippen LogP contribution in [0.25, 0.3) is 0 Å². The molecule has 0 aromatic heterocycles. The van der Waals surface area contributed by atoms with Crippen LogP contribution in [0.1, 0.15) is 12.8 Å². The number of rotatable bonds is 1. The van der Waals surface area contributed by atoms with Gasteiger partial charge in [-0.15, -0.1) is 0 Å². The van der Waals surface area contributed by atoms with E-state index in [-0.39, 0.29) is 18.4 Å². The molecule has 0 bridgehead atoms. The summed E-state index contributed by atoms with van der Waals surface area (Å²) in [5.74, 6) is 0. The quantitative estimate of drug-likeness (QED) is 0.350. The van der Waals surface area contributed by atoms with Gasteiger partial charge in [0.25, 0.3) is 0 Å². The molecule has 0 aromatic rings. The Morgan fingerprint density at radius 3 is 2.70 bits per heavy atom. The first-order valence-corrected chi connectivity index (χ1v) is 4.07. The standard InChI is InChI=1S/C5H10NO3S/c7-4-5-2-1-3-6(8,9)10-5/h5,7H,1-4H2/q-1. The molecule has 5 heteroatoms. The zero-order valence-corrected chi connectivity index (χ0v) is 6.34. The van der Waals surface area contributed by atoms with Crippen molar-refractivity contribution in [3.8, 4) is 0 Å². The van der Waals surface area contributed by atoms with E-state index < -0.39 is 4.21 Å². The summed E-state index contributed by atoms with van der Waals surface area (Å²) in [6.07, 6.45) is 1.41. The van der Waals surface area contributed by atoms with Gasteiger partial charge in [0.05, 0.1) is 30.3 Å². The molecule has 1 N–H and O–H groups in total. The normalized spacial score (nSPS) is 32.1.